The van der Waals surface area contributed by atoms with Crippen molar-refractivity contribution in [1.82, 2.24) is 4.57 Å². The molecule has 1 aromatic heterocycles. The van der Waals surface area contributed by atoms with E-state index in [0.717, 1.165) is 42.6 Å². The Balaban J connectivity index is 2.01. The van der Waals surface area contributed by atoms with Crippen LogP contribution in [0.1, 0.15) is 25.8 Å². The van der Waals surface area contributed by atoms with Gasteiger partial charge in [0.1, 0.15) is 4.99 Å². The lowest BCUT2D eigenvalue weighted by atomic mass is 10.1. The van der Waals surface area contributed by atoms with Crippen molar-refractivity contribution in [2.45, 2.75) is 26.8 Å². The molecule has 0 spiro atoms. The first-order valence-corrected chi connectivity index (χ1v) is 7.46. The molecule has 2 rings (SSSR count). The normalized spacial score (nSPS) is 11.3. The van der Waals surface area contributed by atoms with Crippen LogP contribution in [-0.4, -0.2) is 22.8 Å². The Morgan fingerprint density at radius 3 is 2.80 bits per heavy atom. The number of thiocarbonyl (C=S) groups is 1. The van der Waals surface area contributed by atoms with Crippen molar-refractivity contribution in [3.05, 3.63) is 36.0 Å². The molecule has 4 heteroatoms. The summed E-state index contributed by atoms with van der Waals surface area (Å²) in [4.78, 5) is 0.446. The van der Waals surface area contributed by atoms with E-state index in [1.807, 2.05) is 12.1 Å². The van der Waals surface area contributed by atoms with Crippen molar-refractivity contribution in [2.75, 3.05) is 13.2 Å². The van der Waals surface area contributed by atoms with Crippen LogP contribution in [0.4, 0.5) is 0 Å². The maximum Gasteiger partial charge on any atom is 0.104 e. The number of nitrogens with two attached hydrogens (primary N) is 1. The third-order valence-corrected chi connectivity index (χ3v) is 3.62. The fourth-order valence-corrected chi connectivity index (χ4v) is 2.40. The monoisotopic (exact) mass is 290 g/mol. The Bertz CT molecular complexity index is 589. The molecule has 2 aromatic rings. The molecule has 0 saturated carbocycles. The Kier molecular flexibility index (Phi) is 5.15. The number of fused-ring (bicyclic) bond motifs is 1. The lowest BCUT2D eigenvalue weighted by Gasteiger charge is -2.09. The van der Waals surface area contributed by atoms with E-state index in [0.29, 0.717) is 10.9 Å². The van der Waals surface area contributed by atoms with Crippen LogP contribution in [0.2, 0.25) is 0 Å². The minimum atomic E-state index is 0.446. The molecular weight excluding hydrogens is 268 g/mol. The standard InChI is InChI=1S/C16H22N2OS/c1-12(2)7-10-19-11-9-18-8-6-13-14(16(17)20)4-3-5-15(13)18/h3-6,8,12H,7,9-11H2,1-2H3,(H2,17,20). The second-order valence-electron chi connectivity index (χ2n) is 5.41. The van der Waals surface area contributed by atoms with Gasteiger partial charge in [0.15, 0.2) is 0 Å². The second kappa shape index (κ2) is 6.86. The van der Waals surface area contributed by atoms with Gasteiger partial charge in [0.25, 0.3) is 0 Å². The van der Waals surface area contributed by atoms with Crippen LogP contribution in [0.5, 0.6) is 0 Å². The number of hydrogen-bond donors (Lipinski definition) is 1. The van der Waals surface area contributed by atoms with Crippen LogP contribution in [0, 0.1) is 5.92 Å². The number of ether oxygens (including phenoxy) is 1. The third-order valence-electron chi connectivity index (χ3n) is 3.40. The van der Waals surface area contributed by atoms with E-state index >= 15 is 0 Å². The van der Waals surface area contributed by atoms with Gasteiger partial charge in [0, 0.05) is 35.8 Å². The highest BCUT2D eigenvalue weighted by Gasteiger charge is 2.07. The molecule has 0 aliphatic carbocycles. The number of aromatic nitrogens is 1. The average Bonchev–Trinajstić information content (AvgIpc) is 2.81. The van der Waals surface area contributed by atoms with Gasteiger partial charge in [-0.2, -0.15) is 0 Å². The summed E-state index contributed by atoms with van der Waals surface area (Å²) in [6, 6.07) is 8.12. The van der Waals surface area contributed by atoms with E-state index < -0.39 is 0 Å². The highest BCUT2D eigenvalue weighted by Crippen LogP contribution is 2.20. The predicted molar refractivity (Wildman–Crippen MR) is 88.1 cm³/mol. The van der Waals surface area contributed by atoms with Gasteiger partial charge in [-0.05, 0) is 24.5 Å². The van der Waals surface area contributed by atoms with Crippen LogP contribution in [-0.2, 0) is 11.3 Å². The molecule has 0 radical (unpaired) electrons. The minimum Gasteiger partial charge on any atom is -0.389 e. The lowest BCUT2D eigenvalue weighted by molar-refractivity contribution is 0.117. The first-order valence-electron chi connectivity index (χ1n) is 7.05. The van der Waals surface area contributed by atoms with Gasteiger partial charge in [-0.15, -0.1) is 0 Å². The number of benzene rings is 1. The summed E-state index contributed by atoms with van der Waals surface area (Å²) in [5.41, 5.74) is 7.85. The molecule has 20 heavy (non-hydrogen) atoms. The SMILES string of the molecule is CC(C)CCOCCn1ccc2c(C(N)=S)cccc21. The molecule has 0 saturated heterocycles. The molecule has 2 N–H and O–H groups in total. The number of rotatable bonds is 7. The van der Waals surface area contributed by atoms with Gasteiger partial charge in [-0.25, -0.2) is 0 Å². The zero-order chi connectivity index (χ0) is 14.5. The Morgan fingerprint density at radius 2 is 2.10 bits per heavy atom. The van der Waals surface area contributed by atoms with E-state index in [2.05, 4.69) is 36.7 Å². The highest BCUT2D eigenvalue weighted by molar-refractivity contribution is 7.80. The molecule has 0 amide bonds. The van der Waals surface area contributed by atoms with E-state index in [1.54, 1.807) is 0 Å². The molecule has 0 aliphatic heterocycles. The minimum absolute atomic E-state index is 0.446. The molecule has 0 atom stereocenters. The smallest absolute Gasteiger partial charge is 0.104 e. The summed E-state index contributed by atoms with van der Waals surface area (Å²) in [6.45, 7) is 6.82. The van der Waals surface area contributed by atoms with E-state index in [4.69, 9.17) is 22.7 Å². The molecule has 0 aliphatic rings. The van der Waals surface area contributed by atoms with Crippen molar-refractivity contribution in [3.63, 3.8) is 0 Å². The summed E-state index contributed by atoms with van der Waals surface area (Å²) in [5.74, 6) is 0.690. The van der Waals surface area contributed by atoms with Crippen molar-refractivity contribution in [3.8, 4) is 0 Å². The summed E-state index contributed by atoms with van der Waals surface area (Å²) < 4.78 is 7.86. The average molecular weight is 290 g/mol. The Hall–Kier alpha value is -1.39. The quantitative estimate of drug-likeness (QED) is 0.628. The maximum atomic E-state index is 5.75. The van der Waals surface area contributed by atoms with Crippen molar-refractivity contribution in [1.29, 1.82) is 0 Å². The second-order valence-corrected chi connectivity index (χ2v) is 5.85. The number of hydrogen-bond acceptors (Lipinski definition) is 2. The lowest BCUT2D eigenvalue weighted by Crippen LogP contribution is -2.10. The molecular formula is C16H22N2OS. The Labute approximate surface area is 125 Å². The molecule has 0 unspecified atom stereocenters. The fraction of sp³-hybridized carbons (Fsp3) is 0.438. The highest BCUT2D eigenvalue weighted by atomic mass is 32.1. The Morgan fingerprint density at radius 1 is 1.30 bits per heavy atom. The van der Waals surface area contributed by atoms with Crippen LogP contribution in [0.15, 0.2) is 30.5 Å². The van der Waals surface area contributed by atoms with Gasteiger partial charge in [0.05, 0.1) is 6.61 Å². The molecule has 1 heterocycles. The third kappa shape index (κ3) is 3.58. The molecule has 1 aromatic carbocycles. The maximum absolute atomic E-state index is 5.75. The molecule has 3 nitrogen and oxygen atoms in total. The summed E-state index contributed by atoms with van der Waals surface area (Å²) >= 11 is 5.09. The van der Waals surface area contributed by atoms with Crippen molar-refractivity contribution >= 4 is 28.1 Å². The molecule has 0 fully saturated rings. The van der Waals surface area contributed by atoms with Gasteiger partial charge in [0.2, 0.25) is 0 Å². The van der Waals surface area contributed by atoms with Crippen molar-refractivity contribution in [2.24, 2.45) is 11.7 Å². The van der Waals surface area contributed by atoms with Crippen LogP contribution in [0.3, 0.4) is 0 Å². The number of nitrogens with zero attached hydrogens (tertiary/aromatic N) is 1. The van der Waals surface area contributed by atoms with Crippen LogP contribution in [0.25, 0.3) is 10.9 Å². The van der Waals surface area contributed by atoms with Crippen molar-refractivity contribution < 1.29 is 4.74 Å². The zero-order valence-corrected chi connectivity index (χ0v) is 13.0. The first-order chi connectivity index (χ1) is 9.59. The predicted octanol–water partition coefficient (Wildman–Crippen LogP) is 3.34. The molecule has 108 valence electrons. The van der Waals surface area contributed by atoms with Crippen LogP contribution < -0.4 is 5.73 Å². The first kappa shape index (κ1) is 15.0. The van der Waals surface area contributed by atoms with E-state index in [1.165, 1.54) is 0 Å². The van der Waals surface area contributed by atoms with Crippen LogP contribution >= 0.6 is 12.2 Å². The van der Waals surface area contributed by atoms with E-state index in [-0.39, 0.29) is 0 Å². The topological polar surface area (TPSA) is 40.2 Å². The molecule has 0 bridgehead atoms. The summed E-state index contributed by atoms with van der Waals surface area (Å²) in [6.07, 6.45) is 3.18. The van der Waals surface area contributed by atoms with E-state index in [9.17, 15) is 0 Å². The van der Waals surface area contributed by atoms with Gasteiger partial charge in [-0.3, -0.25) is 0 Å². The fourth-order valence-electron chi connectivity index (χ4n) is 2.22. The van der Waals surface area contributed by atoms with Gasteiger partial charge < -0.3 is 15.0 Å². The largest absolute Gasteiger partial charge is 0.389 e. The summed E-state index contributed by atoms with van der Waals surface area (Å²) in [7, 11) is 0. The summed E-state index contributed by atoms with van der Waals surface area (Å²) in [5, 5.41) is 1.11. The van der Waals surface area contributed by atoms with Gasteiger partial charge in [-0.1, -0.05) is 38.2 Å². The zero-order valence-electron chi connectivity index (χ0n) is 12.1. The van der Waals surface area contributed by atoms with Gasteiger partial charge >= 0.3 is 0 Å².